The van der Waals surface area contributed by atoms with Crippen LogP contribution in [0.3, 0.4) is 0 Å². The summed E-state index contributed by atoms with van der Waals surface area (Å²) in [4.78, 5) is 0. The predicted molar refractivity (Wildman–Crippen MR) is 57.8 cm³/mol. The van der Waals surface area contributed by atoms with E-state index < -0.39 is 8.07 Å². The Hall–Kier alpha value is 0.394. The van der Waals surface area contributed by atoms with E-state index in [0.717, 1.165) is 0 Å². The van der Waals surface area contributed by atoms with Crippen molar-refractivity contribution in [1.29, 1.82) is 0 Å². The molecule has 11 heavy (non-hydrogen) atoms. The molecule has 0 saturated heterocycles. The smallest absolute Gasteiger partial charge is 0.0581 e. The maximum Gasteiger partial charge on any atom is 0.0581 e. The van der Waals surface area contributed by atoms with Crippen LogP contribution in [0.25, 0.3) is 0 Å². The molecular weight excluding hydrogens is 168 g/mol. The Morgan fingerprint density at radius 2 is 1.73 bits per heavy atom. The van der Waals surface area contributed by atoms with Crippen molar-refractivity contribution in [3.05, 3.63) is 0 Å². The third-order valence-electron chi connectivity index (χ3n) is 1.72. The first-order chi connectivity index (χ1) is 4.71. The van der Waals surface area contributed by atoms with Gasteiger partial charge < -0.3 is 5.11 Å². The van der Waals surface area contributed by atoms with Crippen molar-refractivity contribution < 1.29 is 5.11 Å². The van der Waals surface area contributed by atoms with Crippen LogP contribution in [0.5, 0.6) is 0 Å². The van der Waals surface area contributed by atoms with E-state index in [0.29, 0.717) is 0 Å². The second-order valence-corrected chi connectivity index (χ2v) is 13.8. The van der Waals surface area contributed by atoms with E-state index in [4.69, 9.17) is 0 Å². The first-order valence-corrected chi connectivity index (χ1v) is 9.84. The number of hydrogen-bond donors (Lipinski definition) is 1. The van der Waals surface area contributed by atoms with Crippen LogP contribution in [0.2, 0.25) is 31.7 Å². The number of aliphatic hydroxyl groups is 1. The summed E-state index contributed by atoms with van der Waals surface area (Å²) < 4.78 is 0. The summed E-state index contributed by atoms with van der Waals surface area (Å²) in [6.07, 6.45) is 0. The molecule has 0 fully saturated rings. The van der Waals surface area contributed by atoms with Gasteiger partial charge in [-0.25, -0.2) is 0 Å². The molecule has 0 amide bonds. The van der Waals surface area contributed by atoms with Crippen molar-refractivity contribution in [2.45, 2.75) is 50.8 Å². The largest absolute Gasteiger partial charge is 0.395 e. The molecule has 0 aromatic carbocycles. The van der Waals surface area contributed by atoms with Crippen LogP contribution in [0.15, 0.2) is 0 Å². The minimum atomic E-state index is -0.833. The lowest BCUT2D eigenvalue weighted by Crippen LogP contribution is -2.29. The maximum absolute atomic E-state index is 9.49. The van der Waals surface area contributed by atoms with Crippen LogP contribution in [-0.2, 0) is 0 Å². The van der Waals surface area contributed by atoms with Gasteiger partial charge in [-0.1, -0.05) is 31.7 Å². The van der Waals surface area contributed by atoms with Crippen LogP contribution in [-0.4, -0.2) is 27.9 Å². The molecular formula is C8H22OSi2. The Labute approximate surface area is 74.0 Å². The molecule has 0 atom stereocenters. The Morgan fingerprint density at radius 1 is 1.27 bits per heavy atom. The molecule has 0 rings (SSSR count). The zero-order valence-corrected chi connectivity index (χ0v) is 11.0. The summed E-state index contributed by atoms with van der Waals surface area (Å²) in [5, 5.41) is 9.17. The molecule has 0 saturated carbocycles. The van der Waals surface area contributed by atoms with Crippen molar-refractivity contribution in [1.82, 2.24) is 0 Å². The Kier molecular flexibility index (Phi) is 4.01. The molecule has 1 nitrogen and oxygen atoms in total. The minimum Gasteiger partial charge on any atom is -0.395 e. The summed E-state index contributed by atoms with van der Waals surface area (Å²) in [5.74, 6) is 0. The average Bonchev–Trinajstić information content (AvgIpc) is 1.55. The highest BCUT2D eigenvalue weighted by atomic mass is 28.3. The molecule has 0 aliphatic rings. The number of rotatable bonds is 4. The van der Waals surface area contributed by atoms with Gasteiger partial charge in [0.25, 0.3) is 0 Å². The fourth-order valence-corrected chi connectivity index (χ4v) is 6.87. The molecule has 0 aromatic rings. The van der Waals surface area contributed by atoms with Gasteiger partial charge in [-0.3, -0.25) is 0 Å². The van der Waals surface area contributed by atoms with Crippen LogP contribution < -0.4 is 0 Å². The second kappa shape index (κ2) is 3.87. The fourth-order valence-electron chi connectivity index (χ4n) is 1.05. The highest BCUT2D eigenvalue weighted by molar-refractivity contribution is 6.76. The van der Waals surface area contributed by atoms with Gasteiger partial charge in [-0.15, -0.1) is 0 Å². The highest BCUT2D eigenvalue weighted by Gasteiger charge is 2.17. The van der Waals surface area contributed by atoms with Crippen molar-refractivity contribution in [3.8, 4) is 0 Å². The topological polar surface area (TPSA) is 20.2 Å². The normalized spacial score (nSPS) is 14.7. The Morgan fingerprint density at radius 3 is 2.00 bits per heavy atom. The van der Waals surface area contributed by atoms with Crippen molar-refractivity contribution in [2.24, 2.45) is 0 Å². The van der Waals surface area contributed by atoms with E-state index in [2.05, 4.69) is 19.6 Å². The third-order valence-corrected chi connectivity index (χ3v) is 6.21. The van der Waals surface area contributed by atoms with Gasteiger partial charge in [0.1, 0.15) is 0 Å². The summed E-state index contributed by atoms with van der Waals surface area (Å²) in [6.45, 7) is 11.1. The molecule has 0 spiro atoms. The zero-order valence-electron chi connectivity index (χ0n) is 8.57. The molecule has 3 heteroatoms. The lowest BCUT2D eigenvalue weighted by Gasteiger charge is -2.20. The monoisotopic (exact) mass is 190 g/mol. The summed E-state index contributed by atoms with van der Waals surface area (Å²) in [7, 11) is -1.07. The van der Waals surface area contributed by atoms with Gasteiger partial charge in [0.2, 0.25) is 0 Å². The molecule has 0 bridgehead atoms. The van der Waals surface area contributed by atoms with Crippen molar-refractivity contribution in [3.63, 3.8) is 0 Å². The lowest BCUT2D eigenvalue weighted by molar-refractivity contribution is 0.165. The van der Waals surface area contributed by atoms with E-state index in [1.165, 1.54) is 12.1 Å². The Bertz CT molecular complexity index is 96.2. The van der Waals surface area contributed by atoms with Crippen LogP contribution in [0.1, 0.15) is 13.8 Å². The van der Waals surface area contributed by atoms with Crippen molar-refractivity contribution in [2.75, 3.05) is 0 Å². The molecule has 0 radical (unpaired) electrons. The summed E-state index contributed by atoms with van der Waals surface area (Å²) in [5.41, 5.74) is 0. The van der Waals surface area contributed by atoms with Gasteiger partial charge in [0.15, 0.2) is 0 Å². The van der Waals surface area contributed by atoms with Gasteiger partial charge in [-0.2, -0.15) is 0 Å². The summed E-state index contributed by atoms with van der Waals surface area (Å²) >= 11 is 0. The minimum absolute atomic E-state index is 0.240. The van der Waals surface area contributed by atoms with E-state index in [-0.39, 0.29) is 14.7 Å². The lowest BCUT2D eigenvalue weighted by atomic mass is 10.5. The van der Waals surface area contributed by atoms with Crippen molar-refractivity contribution >= 4 is 17.6 Å². The van der Waals surface area contributed by atoms with Gasteiger partial charge >= 0.3 is 0 Å². The molecule has 0 unspecified atom stereocenters. The molecule has 0 aliphatic carbocycles. The standard InChI is InChI=1S/C8H22OSi2/c1-8(2,9)10-6-7-11(3,4)5/h9H,6-7,10H2,1-5H3. The average molecular weight is 190 g/mol. The first kappa shape index (κ1) is 11.4. The van der Waals surface area contributed by atoms with Gasteiger partial charge in [-0.05, 0) is 13.8 Å². The molecule has 0 heterocycles. The SMILES string of the molecule is CC(C)(O)[SiH2]CC[Si](C)(C)C. The van der Waals surface area contributed by atoms with Gasteiger partial charge in [0, 0.05) is 13.3 Å². The number of hydrogen-bond acceptors (Lipinski definition) is 1. The molecule has 0 aliphatic heterocycles. The zero-order chi connectivity index (χ0) is 9.12. The van der Waals surface area contributed by atoms with Crippen LogP contribution >= 0.6 is 0 Å². The van der Waals surface area contributed by atoms with E-state index >= 15 is 0 Å². The maximum atomic E-state index is 9.49. The first-order valence-electron chi connectivity index (χ1n) is 4.43. The fraction of sp³-hybridized carbons (Fsp3) is 1.00. The predicted octanol–water partition coefficient (Wildman–Crippen LogP) is 1.64. The van der Waals surface area contributed by atoms with E-state index in [9.17, 15) is 5.11 Å². The van der Waals surface area contributed by atoms with E-state index in [1.807, 2.05) is 13.8 Å². The van der Waals surface area contributed by atoms with Crippen LogP contribution in [0.4, 0.5) is 0 Å². The van der Waals surface area contributed by atoms with E-state index in [1.54, 1.807) is 0 Å². The second-order valence-electron chi connectivity index (χ2n) is 5.23. The third kappa shape index (κ3) is 10.4. The highest BCUT2D eigenvalue weighted by Crippen LogP contribution is 2.13. The van der Waals surface area contributed by atoms with Gasteiger partial charge in [0.05, 0.1) is 9.52 Å². The molecule has 68 valence electrons. The quantitative estimate of drug-likeness (QED) is 0.668. The molecule has 0 aromatic heterocycles. The molecule has 1 N–H and O–H groups in total. The Balaban J connectivity index is 3.44. The summed E-state index contributed by atoms with van der Waals surface area (Å²) in [6, 6.07) is 2.71. The van der Waals surface area contributed by atoms with Crippen LogP contribution in [0, 0.1) is 0 Å².